The third-order valence-electron chi connectivity index (χ3n) is 2.11. The van der Waals surface area contributed by atoms with Gasteiger partial charge in [0, 0.05) is 6.04 Å². The second kappa shape index (κ2) is 7.46. The van der Waals surface area contributed by atoms with E-state index < -0.39 is 17.7 Å². The van der Waals surface area contributed by atoms with E-state index in [9.17, 15) is 9.59 Å². The largest absolute Gasteiger partial charge is 0.449 e. The average molecular weight is 280 g/mol. The first-order valence-corrected chi connectivity index (χ1v) is 6.40. The number of alkyl carbamates (subject to hydrolysis) is 1. The van der Waals surface area contributed by atoms with E-state index >= 15 is 0 Å². The lowest BCUT2D eigenvalue weighted by Crippen LogP contribution is -2.43. The molecule has 1 amide bonds. The highest BCUT2D eigenvalue weighted by atomic mass is 35.5. The van der Waals surface area contributed by atoms with E-state index in [1.807, 2.05) is 13.8 Å². The maximum Gasteiger partial charge on any atom is 0.407 e. The van der Waals surface area contributed by atoms with Crippen molar-refractivity contribution in [2.24, 2.45) is 5.92 Å². The summed E-state index contributed by atoms with van der Waals surface area (Å²) >= 11 is 5.30. The Balaban J connectivity index is 4.36. The number of carbonyl (C=O) groups is 2. The van der Waals surface area contributed by atoms with Gasteiger partial charge < -0.3 is 14.8 Å². The maximum absolute atomic E-state index is 11.6. The van der Waals surface area contributed by atoms with Gasteiger partial charge >= 0.3 is 12.1 Å². The van der Waals surface area contributed by atoms with E-state index in [4.69, 9.17) is 16.3 Å². The Morgan fingerprint density at radius 2 is 1.83 bits per heavy atom. The van der Waals surface area contributed by atoms with Gasteiger partial charge in [-0.2, -0.15) is 0 Å². The van der Waals surface area contributed by atoms with Crippen LogP contribution >= 0.6 is 11.6 Å². The van der Waals surface area contributed by atoms with Gasteiger partial charge in [-0.1, -0.05) is 25.4 Å². The van der Waals surface area contributed by atoms with E-state index in [-0.39, 0.29) is 24.4 Å². The highest BCUT2D eigenvalue weighted by Gasteiger charge is 2.23. The van der Waals surface area contributed by atoms with Gasteiger partial charge in [0.05, 0.1) is 6.42 Å². The molecule has 0 aliphatic rings. The van der Waals surface area contributed by atoms with Crippen molar-refractivity contribution < 1.29 is 19.1 Å². The molecule has 0 unspecified atom stereocenters. The number of halogens is 1. The minimum atomic E-state index is -0.567. The van der Waals surface area contributed by atoms with Gasteiger partial charge in [0.25, 0.3) is 0 Å². The first-order chi connectivity index (χ1) is 8.15. The summed E-state index contributed by atoms with van der Waals surface area (Å²) in [7, 11) is 0. The molecule has 5 nitrogen and oxygen atoms in total. The molecule has 0 fully saturated rings. The predicted molar refractivity (Wildman–Crippen MR) is 69.4 cm³/mol. The number of hydrogen-bond acceptors (Lipinski definition) is 4. The maximum atomic E-state index is 11.6. The van der Waals surface area contributed by atoms with Gasteiger partial charge in [0.15, 0.2) is 6.07 Å². The molecule has 1 N–H and O–H groups in total. The third-order valence-corrected chi connectivity index (χ3v) is 2.22. The number of nitrogens with one attached hydrogen (secondary N) is 1. The number of hydrogen-bond donors (Lipinski definition) is 1. The minimum Gasteiger partial charge on any atom is -0.449 e. The minimum absolute atomic E-state index is 0.0730. The molecular formula is C12H22ClNO4. The van der Waals surface area contributed by atoms with Crippen LogP contribution in [0.25, 0.3) is 0 Å². The van der Waals surface area contributed by atoms with Crippen LogP contribution < -0.4 is 5.32 Å². The Bertz CT molecular complexity index is 286. The molecule has 0 aliphatic carbocycles. The zero-order chi connectivity index (χ0) is 14.3. The molecule has 0 bridgehead atoms. The van der Waals surface area contributed by atoms with Gasteiger partial charge in [-0.25, -0.2) is 4.79 Å². The highest BCUT2D eigenvalue weighted by Crippen LogP contribution is 2.11. The predicted octanol–water partition coefficient (Wildman–Crippen LogP) is 2.67. The lowest BCUT2D eigenvalue weighted by Gasteiger charge is -2.25. The van der Waals surface area contributed by atoms with Gasteiger partial charge in [-0.15, -0.1) is 0 Å². The van der Waals surface area contributed by atoms with Crippen molar-refractivity contribution in [3.05, 3.63) is 0 Å². The summed E-state index contributed by atoms with van der Waals surface area (Å²) < 4.78 is 9.77. The monoisotopic (exact) mass is 279 g/mol. The van der Waals surface area contributed by atoms with E-state index in [2.05, 4.69) is 10.1 Å². The molecule has 0 saturated heterocycles. The van der Waals surface area contributed by atoms with E-state index in [1.165, 1.54) is 0 Å². The second-order valence-electron chi connectivity index (χ2n) is 5.33. The molecule has 0 saturated carbocycles. The summed E-state index contributed by atoms with van der Waals surface area (Å²) in [5.41, 5.74) is -0.567. The van der Waals surface area contributed by atoms with Crippen molar-refractivity contribution in [3.8, 4) is 0 Å². The van der Waals surface area contributed by atoms with Crippen LogP contribution in [0, 0.1) is 5.92 Å². The lowest BCUT2D eigenvalue weighted by molar-refractivity contribution is -0.142. The first-order valence-electron chi connectivity index (χ1n) is 5.87. The Kier molecular flexibility index (Phi) is 7.06. The Morgan fingerprint density at radius 1 is 1.28 bits per heavy atom. The fourth-order valence-corrected chi connectivity index (χ4v) is 1.33. The standard InChI is InChI=1S/C12H22ClNO4/c1-8(2)9(6-10(15)17-7-13)14-11(16)18-12(3,4)5/h8-9H,6-7H2,1-5H3,(H,14,16)/t9-/m1/s1. The molecule has 0 aromatic heterocycles. The van der Waals surface area contributed by atoms with Gasteiger partial charge in [0.2, 0.25) is 0 Å². The van der Waals surface area contributed by atoms with Crippen molar-refractivity contribution in [2.45, 2.75) is 52.7 Å². The van der Waals surface area contributed by atoms with E-state index in [1.54, 1.807) is 20.8 Å². The average Bonchev–Trinajstić information content (AvgIpc) is 2.13. The molecule has 0 aromatic rings. The number of alkyl halides is 1. The Hall–Kier alpha value is -0.970. The molecule has 106 valence electrons. The van der Waals surface area contributed by atoms with Crippen LogP contribution in [0.2, 0.25) is 0 Å². The van der Waals surface area contributed by atoms with Crippen molar-refractivity contribution in [3.63, 3.8) is 0 Å². The molecule has 0 radical (unpaired) electrons. The topological polar surface area (TPSA) is 64.6 Å². The summed E-state index contributed by atoms with van der Waals surface area (Å²) in [6, 6.07) is -0.522. The highest BCUT2D eigenvalue weighted by molar-refractivity contribution is 6.17. The van der Waals surface area contributed by atoms with Crippen LogP contribution in [-0.4, -0.2) is 29.8 Å². The smallest absolute Gasteiger partial charge is 0.407 e. The van der Waals surface area contributed by atoms with Gasteiger partial charge in [0.1, 0.15) is 5.60 Å². The van der Waals surface area contributed by atoms with Crippen molar-refractivity contribution >= 4 is 23.7 Å². The Morgan fingerprint density at radius 3 is 2.22 bits per heavy atom. The SMILES string of the molecule is CC(C)[C@@H](CC(=O)OCCl)NC(=O)OC(C)(C)C. The van der Waals surface area contributed by atoms with Crippen LogP contribution in [0.4, 0.5) is 4.79 Å². The molecule has 0 rings (SSSR count). The zero-order valence-corrected chi connectivity index (χ0v) is 12.3. The summed E-state index contributed by atoms with van der Waals surface area (Å²) in [5, 5.41) is 2.66. The normalized spacial score (nSPS) is 13.1. The van der Waals surface area contributed by atoms with Crippen LogP contribution in [0.1, 0.15) is 41.0 Å². The fourth-order valence-electron chi connectivity index (χ4n) is 1.21. The molecule has 0 spiro atoms. The molecule has 0 aromatic carbocycles. The number of amides is 1. The van der Waals surface area contributed by atoms with Crippen molar-refractivity contribution in [1.82, 2.24) is 5.32 Å². The Labute approximate surface area is 113 Å². The lowest BCUT2D eigenvalue weighted by atomic mass is 10.0. The molecule has 0 heterocycles. The van der Waals surface area contributed by atoms with Crippen molar-refractivity contribution in [2.75, 3.05) is 6.07 Å². The summed E-state index contributed by atoms with van der Waals surface area (Å²) in [6.45, 7) is 9.13. The molecule has 0 aliphatic heterocycles. The zero-order valence-electron chi connectivity index (χ0n) is 11.6. The van der Waals surface area contributed by atoms with Crippen LogP contribution in [0.3, 0.4) is 0 Å². The molecule has 1 atom stereocenters. The van der Waals surface area contributed by atoms with Crippen molar-refractivity contribution in [1.29, 1.82) is 0 Å². The van der Waals surface area contributed by atoms with Gasteiger partial charge in [-0.3, -0.25) is 4.79 Å². The number of carbonyl (C=O) groups excluding carboxylic acids is 2. The first kappa shape index (κ1) is 17.0. The number of ether oxygens (including phenoxy) is 2. The van der Waals surface area contributed by atoms with E-state index in [0.29, 0.717) is 0 Å². The van der Waals surface area contributed by atoms with Gasteiger partial charge in [-0.05, 0) is 26.7 Å². The third kappa shape index (κ3) is 8.17. The second-order valence-corrected chi connectivity index (χ2v) is 5.54. The molecule has 6 heteroatoms. The summed E-state index contributed by atoms with van der Waals surface area (Å²) in [6.07, 6.45) is -0.469. The van der Waals surface area contributed by atoms with Crippen LogP contribution in [0.5, 0.6) is 0 Å². The molecule has 18 heavy (non-hydrogen) atoms. The molecular weight excluding hydrogens is 258 g/mol. The summed E-state index contributed by atoms with van der Waals surface area (Å²) in [5.74, 6) is -0.361. The quantitative estimate of drug-likeness (QED) is 0.621. The number of esters is 1. The van der Waals surface area contributed by atoms with E-state index in [0.717, 1.165) is 0 Å². The van der Waals surface area contributed by atoms with Crippen LogP contribution in [0.15, 0.2) is 0 Å². The van der Waals surface area contributed by atoms with Crippen LogP contribution in [-0.2, 0) is 14.3 Å². The number of rotatable bonds is 5. The summed E-state index contributed by atoms with van der Waals surface area (Å²) in [4.78, 5) is 22.9. The fraction of sp³-hybridized carbons (Fsp3) is 0.833.